The lowest BCUT2D eigenvalue weighted by Gasteiger charge is -2.55. The fourth-order valence-electron chi connectivity index (χ4n) is 8.08. The summed E-state index contributed by atoms with van der Waals surface area (Å²) in [6, 6.07) is 22.1. The number of aromatic hydroxyl groups is 1. The molecule has 1 saturated heterocycles. The van der Waals surface area contributed by atoms with Crippen molar-refractivity contribution in [2.24, 2.45) is 23.7 Å². The second kappa shape index (κ2) is 10.3. The molecule has 1 saturated carbocycles. The molecule has 6 unspecified atom stereocenters. The maximum atomic E-state index is 14.9. The van der Waals surface area contributed by atoms with E-state index in [2.05, 4.69) is 5.32 Å². The van der Waals surface area contributed by atoms with Crippen LogP contribution < -0.4 is 10.1 Å². The van der Waals surface area contributed by atoms with Gasteiger partial charge in [0.2, 0.25) is 11.8 Å². The van der Waals surface area contributed by atoms with Crippen LogP contribution in [0.4, 0.5) is 0 Å². The second-order valence-electron chi connectivity index (χ2n) is 11.7. The van der Waals surface area contributed by atoms with Crippen molar-refractivity contribution in [1.29, 1.82) is 0 Å². The molecule has 8 heteroatoms. The summed E-state index contributed by atoms with van der Waals surface area (Å²) in [5, 5.41) is 13.3. The minimum Gasteiger partial charge on any atom is -0.504 e. The van der Waals surface area contributed by atoms with Crippen LogP contribution in [0.3, 0.4) is 0 Å². The zero-order valence-electron chi connectivity index (χ0n) is 23.3. The predicted molar refractivity (Wildman–Crippen MR) is 167 cm³/mol. The molecular weight excluding hydrogens is 657 g/mol. The van der Waals surface area contributed by atoms with Crippen molar-refractivity contribution in [3.05, 3.63) is 111 Å². The van der Waals surface area contributed by atoms with Gasteiger partial charge in [-0.25, -0.2) is 0 Å². The summed E-state index contributed by atoms with van der Waals surface area (Å²) in [6.45, 7) is 0. The molecule has 7 nitrogen and oxygen atoms in total. The molecule has 216 valence electrons. The molecule has 2 amide bonds. The van der Waals surface area contributed by atoms with Crippen LogP contribution in [0.2, 0.25) is 0 Å². The number of phenolic OH excluding ortho intramolecular Hbond substituents is 1. The van der Waals surface area contributed by atoms with E-state index < -0.39 is 35.0 Å². The fraction of sp³-hybridized carbons (Fsp3) is 0.257. The highest BCUT2D eigenvalue weighted by atomic mass is 127. The van der Waals surface area contributed by atoms with E-state index in [9.17, 15) is 24.3 Å². The van der Waals surface area contributed by atoms with E-state index in [0.717, 1.165) is 5.57 Å². The minimum absolute atomic E-state index is 0.0136. The number of nitrogens with one attached hydrogen (secondary N) is 1. The van der Waals surface area contributed by atoms with Crippen LogP contribution >= 0.6 is 22.6 Å². The molecule has 3 aliphatic carbocycles. The first kappa shape index (κ1) is 27.8. The third kappa shape index (κ3) is 3.98. The molecule has 3 aromatic rings. The predicted octanol–water partition coefficient (Wildman–Crippen LogP) is 5.12. The monoisotopic (exact) mass is 685 g/mol. The lowest BCUT2D eigenvalue weighted by atomic mass is 9.44. The van der Waals surface area contributed by atoms with Crippen molar-refractivity contribution in [3.63, 3.8) is 0 Å². The summed E-state index contributed by atoms with van der Waals surface area (Å²) in [5.74, 6) is -3.78. The number of allylic oxidation sites excluding steroid dienone is 4. The number of methoxy groups -OCH3 is 1. The number of hydrogen-bond donors (Lipinski definition) is 2. The van der Waals surface area contributed by atoms with Crippen LogP contribution in [0.5, 0.6) is 11.5 Å². The molecule has 1 heterocycles. The lowest BCUT2D eigenvalue weighted by molar-refractivity contribution is -0.135. The van der Waals surface area contributed by atoms with Gasteiger partial charge in [0.05, 0.1) is 27.9 Å². The number of imide groups is 1. The highest BCUT2D eigenvalue weighted by molar-refractivity contribution is 14.1. The zero-order chi connectivity index (χ0) is 30.0. The van der Waals surface area contributed by atoms with Crippen molar-refractivity contribution in [3.8, 4) is 11.5 Å². The molecule has 1 aliphatic heterocycles. The van der Waals surface area contributed by atoms with Crippen molar-refractivity contribution < 1.29 is 29.0 Å². The van der Waals surface area contributed by atoms with Crippen LogP contribution in [0, 0.1) is 27.2 Å². The number of amides is 2. The molecule has 43 heavy (non-hydrogen) atoms. The van der Waals surface area contributed by atoms with Crippen LogP contribution in [0.15, 0.2) is 90.5 Å². The van der Waals surface area contributed by atoms with Gasteiger partial charge in [0.15, 0.2) is 23.1 Å². The molecule has 0 radical (unpaired) electrons. The summed E-state index contributed by atoms with van der Waals surface area (Å²) >= 11 is 2.04. The largest absolute Gasteiger partial charge is 0.504 e. The Kier molecular flexibility index (Phi) is 6.65. The Morgan fingerprint density at radius 1 is 0.930 bits per heavy atom. The summed E-state index contributed by atoms with van der Waals surface area (Å²) in [6.07, 6.45) is 4.12. The number of rotatable bonds is 4. The van der Waals surface area contributed by atoms with E-state index in [0.29, 0.717) is 32.3 Å². The first-order valence-electron chi connectivity index (χ1n) is 14.3. The average Bonchev–Trinajstić information content (AvgIpc) is 3.32. The van der Waals surface area contributed by atoms with Crippen molar-refractivity contribution >= 4 is 51.5 Å². The highest BCUT2D eigenvalue weighted by Crippen LogP contribution is 2.63. The molecule has 2 fully saturated rings. The molecule has 0 spiro atoms. The van der Waals surface area contributed by atoms with E-state index in [1.165, 1.54) is 13.2 Å². The molecule has 0 bridgehead atoms. The number of carbonyl (C=O) groups excluding carboxylic acids is 4. The van der Waals surface area contributed by atoms with Gasteiger partial charge in [-0.2, -0.15) is 0 Å². The van der Waals surface area contributed by atoms with Gasteiger partial charge in [0.25, 0.3) is 0 Å². The number of halogens is 1. The second-order valence-corrected chi connectivity index (χ2v) is 12.9. The summed E-state index contributed by atoms with van der Waals surface area (Å²) in [5.41, 5.74) is 1.97. The average molecular weight is 686 g/mol. The van der Waals surface area contributed by atoms with E-state index in [1.807, 2.05) is 95.4 Å². The topological polar surface area (TPSA) is 110 Å². The van der Waals surface area contributed by atoms with Gasteiger partial charge < -0.3 is 9.84 Å². The number of carbonyl (C=O) groups is 4. The Hall–Kier alpha value is -4.05. The van der Waals surface area contributed by atoms with E-state index in [1.54, 1.807) is 6.07 Å². The van der Waals surface area contributed by atoms with Crippen LogP contribution in [-0.2, 0) is 24.6 Å². The molecule has 7 rings (SSSR count). The SMILES string of the molecule is COc1cc(C2C3=CCC4C(=O)NC(=O)C4C3CC3C(=O)C(c4ccccc4)=CC(=O)C32c2ccccc2)cc(I)c1O. The Labute approximate surface area is 262 Å². The maximum Gasteiger partial charge on any atom is 0.231 e. The smallest absolute Gasteiger partial charge is 0.231 e. The highest BCUT2D eigenvalue weighted by Gasteiger charge is 2.65. The third-order valence-electron chi connectivity index (χ3n) is 9.82. The Bertz CT molecular complexity index is 1760. The third-order valence-corrected chi connectivity index (χ3v) is 10.6. The zero-order valence-corrected chi connectivity index (χ0v) is 25.4. The fourth-order valence-corrected chi connectivity index (χ4v) is 8.70. The molecule has 4 aliphatic rings. The number of hydrogen-bond acceptors (Lipinski definition) is 6. The molecular formula is C35H28INO6. The van der Waals surface area contributed by atoms with Crippen molar-refractivity contribution in [1.82, 2.24) is 5.32 Å². The Morgan fingerprint density at radius 2 is 1.63 bits per heavy atom. The normalized spacial score (nSPS) is 29.6. The van der Waals surface area contributed by atoms with E-state index >= 15 is 0 Å². The minimum atomic E-state index is -1.32. The van der Waals surface area contributed by atoms with Crippen LogP contribution in [0.25, 0.3) is 5.57 Å². The van der Waals surface area contributed by atoms with Crippen LogP contribution in [0.1, 0.15) is 35.4 Å². The molecule has 3 aromatic carbocycles. The van der Waals surface area contributed by atoms with Crippen molar-refractivity contribution in [2.75, 3.05) is 7.11 Å². The number of ketones is 2. The molecule has 0 aromatic heterocycles. The first-order chi connectivity index (χ1) is 20.8. The van der Waals surface area contributed by atoms with Gasteiger partial charge in [-0.15, -0.1) is 0 Å². The van der Waals surface area contributed by atoms with Gasteiger partial charge in [-0.1, -0.05) is 72.3 Å². The van der Waals surface area contributed by atoms with Gasteiger partial charge in [0.1, 0.15) is 0 Å². The number of fused-ring (bicyclic) bond motifs is 4. The summed E-state index contributed by atoms with van der Waals surface area (Å²) in [7, 11) is 1.47. The Balaban J connectivity index is 1.55. The number of benzene rings is 3. The number of Topliss-reactive ketones (excluding diaryl/α,β-unsaturated/α-hetero) is 1. The lowest BCUT2D eigenvalue weighted by Crippen LogP contribution is -2.58. The van der Waals surface area contributed by atoms with Gasteiger partial charge >= 0.3 is 0 Å². The van der Waals surface area contributed by atoms with E-state index in [4.69, 9.17) is 4.74 Å². The van der Waals surface area contributed by atoms with Gasteiger partial charge in [-0.05, 0) is 76.2 Å². The molecule has 2 N–H and O–H groups in total. The number of ether oxygens (including phenoxy) is 1. The van der Waals surface area contributed by atoms with E-state index in [-0.39, 0.29) is 41.3 Å². The summed E-state index contributed by atoms with van der Waals surface area (Å²) < 4.78 is 6.08. The Morgan fingerprint density at radius 3 is 2.33 bits per heavy atom. The van der Waals surface area contributed by atoms with Gasteiger partial charge in [0, 0.05) is 17.4 Å². The maximum absolute atomic E-state index is 14.9. The summed E-state index contributed by atoms with van der Waals surface area (Å²) in [4.78, 5) is 55.7. The standard InChI is InChI=1S/C35H28INO6/c1-43-27-15-19(14-26(36)32(27)40)30-21-12-13-22-29(34(42)37-33(22)41)24(21)16-25-31(39)23(18-8-4-2-5-9-18)17-28(38)35(25,30)20-10-6-3-7-11-20/h2-12,14-15,17,22,24-25,29-30,40H,13,16H2,1H3,(H,37,41,42). The molecule has 6 atom stereocenters. The first-order valence-corrected chi connectivity index (χ1v) is 15.4. The number of phenols is 1. The quantitative estimate of drug-likeness (QED) is 0.225. The van der Waals surface area contributed by atoms with Crippen LogP contribution in [-0.4, -0.2) is 35.6 Å². The van der Waals surface area contributed by atoms with Crippen molar-refractivity contribution in [2.45, 2.75) is 24.2 Å². The van der Waals surface area contributed by atoms with Gasteiger partial charge in [-0.3, -0.25) is 24.5 Å².